The number of aliphatic hydroxyl groups excluding tert-OH is 1. The molecule has 0 atom stereocenters. The number of aliphatic hydroxyl groups is 1. The van der Waals surface area contributed by atoms with E-state index in [1.807, 2.05) is 24.5 Å². The third kappa shape index (κ3) is 2.68. The molecular formula is C17H18N2O. The Bertz CT molecular complexity index is 624. The van der Waals surface area contributed by atoms with E-state index in [4.69, 9.17) is 0 Å². The average Bonchev–Trinajstić information content (AvgIpc) is 2.56. The van der Waals surface area contributed by atoms with Gasteiger partial charge in [-0.1, -0.05) is 18.2 Å². The van der Waals surface area contributed by atoms with Crippen molar-refractivity contribution in [2.75, 3.05) is 13.1 Å². The van der Waals surface area contributed by atoms with Crippen molar-refractivity contribution < 1.29 is 5.11 Å². The summed E-state index contributed by atoms with van der Waals surface area (Å²) in [5, 5.41) is 15.9. The third-order valence-electron chi connectivity index (χ3n) is 3.47. The summed E-state index contributed by atoms with van der Waals surface area (Å²) in [6.45, 7) is 1.75. The van der Waals surface area contributed by atoms with Crippen LogP contribution in [0.3, 0.4) is 0 Å². The van der Waals surface area contributed by atoms with Crippen LogP contribution >= 0.6 is 0 Å². The molecule has 0 saturated carbocycles. The summed E-state index contributed by atoms with van der Waals surface area (Å²) in [5.41, 5.74) is 5.60. The van der Waals surface area contributed by atoms with Gasteiger partial charge >= 0.3 is 0 Å². The van der Waals surface area contributed by atoms with Gasteiger partial charge in [0.1, 0.15) is 0 Å². The van der Waals surface area contributed by atoms with Gasteiger partial charge in [-0.15, -0.1) is 0 Å². The molecule has 0 spiro atoms. The highest BCUT2D eigenvalue weighted by Gasteiger charge is 2.09. The number of hydrogen-bond donors (Lipinski definition) is 3. The van der Waals surface area contributed by atoms with Crippen LogP contribution in [-0.4, -0.2) is 18.2 Å². The lowest BCUT2D eigenvalue weighted by Gasteiger charge is -2.15. The first-order valence-corrected chi connectivity index (χ1v) is 6.81. The number of benzene rings is 1. The largest absolute Gasteiger partial charge is 0.392 e. The molecule has 1 aromatic rings. The van der Waals surface area contributed by atoms with Crippen molar-refractivity contribution in [1.29, 1.82) is 0 Å². The Labute approximate surface area is 119 Å². The molecule has 2 heterocycles. The van der Waals surface area contributed by atoms with Gasteiger partial charge in [-0.05, 0) is 58.3 Å². The van der Waals surface area contributed by atoms with Gasteiger partial charge in [0.15, 0.2) is 0 Å². The normalized spacial score (nSPS) is 17.1. The molecule has 2 aliphatic heterocycles. The third-order valence-corrected chi connectivity index (χ3v) is 3.47. The van der Waals surface area contributed by atoms with Crippen LogP contribution < -0.4 is 10.6 Å². The van der Waals surface area contributed by atoms with E-state index in [9.17, 15) is 5.11 Å². The van der Waals surface area contributed by atoms with Crippen LogP contribution in [0.5, 0.6) is 0 Å². The van der Waals surface area contributed by atoms with Crippen molar-refractivity contribution in [2.45, 2.75) is 6.61 Å². The standard InChI is InChI=1S/C17H18N2O/c20-12-13-7-16(14-3-1-5-18-10-14)9-17(8-13)15-4-2-6-19-11-15/h1-5,7-9,11,18-20H,6,10,12H2. The fourth-order valence-corrected chi connectivity index (χ4v) is 2.44. The minimum atomic E-state index is 0.0574. The summed E-state index contributed by atoms with van der Waals surface area (Å²) in [7, 11) is 0. The molecule has 2 aliphatic rings. The molecule has 0 unspecified atom stereocenters. The average molecular weight is 266 g/mol. The first kappa shape index (κ1) is 12.8. The van der Waals surface area contributed by atoms with Gasteiger partial charge in [0, 0.05) is 19.3 Å². The smallest absolute Gasteiger partial charge is 0.0682 e. The molecular weight excluding hydrogens is 248 g/mol. The minimum Gasteiger partial charge on any atom is -0.392 e. The van der Waals surface area contributed by atoms with E-state index in [1.54, 1.807) is 0 Å². The highest BCUT2D eigenvalue weighted by molar-refractivity contribution is 5.79. The van der Waals surface area contributed by atoms with Gasteiger partial charge in [0.05, 0.1) is 6.61 Å². The van der Waals surface area contributed by atoms with Crippen molar-refractivity contribution in [3.63, 3.8) is 0 Å². The molecule has 0 fully saturated rings. The van der Waals surface area contributed by atoms with Gasteiger partial charge in [-0.25, -0.2) is 0 Å². The Morgan fingerprint density at radius 3 is 2.70 bits per heavy atom. The molecule has 3 N–H and O–H groups in total. The lowest BCUT2D eigenvalue weighted by Crippen LogP contribution is -2.12. The Morgan fingerprint density at radius 1 is 1.10 bits per heavy atom. The Kier molecular flexibility index (Phi) is 3.70. The number of dihydropyridines is 2. The zero-order valence-corrected chi connectivity index (χ0v) is 11.3. The minimum absolute atomic E-state index is 0.0574. The molecule has 0 bridgehead atoms. The molecule has 1 aromatic carbocycles. The summed E-state index contributed by atoms with van der Waals surface area (Å²) in [6, 6.07) is 6.27. The molecule has 0 amide bonds. The van der Waals surface area contributed by atoms with Gasteiger partial charge in [0.25, 0.3) is 0 Å². The fourth-order valence-electron chi connectivity index (χ4n) is 2.44. The summed E-state index contributed by atoms with van der Waals surface area (Å²) >= 11 is 0. The maximum absolute atomic E-state index is 9.48. The lowest BCUT2D eigenvalue weighted by molar-refractivity contribution is 0.282. The monoisotopic (exact) mass is 266 g/mol. The fraction of sp³-hybridized carbons (Fsp3) is 0.176. The zero-order chi connectivity index (χ0) is 13.8. The second-order valence-corrected chi connectivity index (χ2v) is 4.92. The Balaban J connectivity index is 2.02. The molecule has 0 radical (unpaired) electrons. The molecule has 3 rings (SSSR count). The van der Waals surface area contributed by atoms with Gasteiger partial charge < -0.3 is 15.7 Å². The first-order valence-electron chi connectivity index (χ1n) is 6.81. The van der Waals surface area contributed by atoms with Crippen LogP contribution in [0.25, 0.3) is 11.1 Å². The van der Waals surface area contributed by atoms with E-state index in [1.165, 1.54) is 5.57 Å². The van der Waals surface area contributed by atoms with Crippen LogP contribution in [0, 0.1) is 0 Å². The van der Waals surface area contributed by atoms with E-state index < -0.39 is 0 Å². The van der Waals surface area contributed by atoms with Crippen LogP contribution in [0.4, 0.5) is 0 Å². The summed E-state index contributed by atoms with van der Waals surface area (Å²) in [6.07, 6.45) is 12.3. The highest BCUT2D eigenvalue weighted by atomic mass is 16.3. The number of rotatable bonds is 3. The maximum atomic E-state index is 9.48. The van der Waals surface area contributed by atoms with Crippen molar-refractivity contribution in [1.82, 2.24) is 10.6 Å². The van der Waals surface area contributed by atoms with E-state index in [0.29, 0.717) is 0 Å². The summed E-state index contributed by atoms with van der Waals surface area (Å²) in [4.78, 5) is 0. The highest BCUT2D eigenvalue weighted by Crippen LogP contribution is 2.25. The molecule has 0 aliphatic carbocycles. The van der Waals surface area contributed by atoms with E-state index in [-0.39, 0.29) is 6.61 Å². The Morgan fingerprint density at radius 2 is 2.00 bits per heavy atom. The Hall–Kier alpha value is -2.26. The first-order chi connectivity index (χ1) is 9.86. The number of nitrogens with one attached hydrogen (secondary N) is 2. The van der Waals surface area contributed by atoms with Crippen molar-refractivity contribution >= 4 is 11.1 Å². The van der Waals surface area contributed by atoms with Crippen LogP contribution in [0.2, 0.25) is 0 Å². The van der Waals surface area contributed by atoms with Crippen molar-refractivity contribution in [2.24, 2.45) is 0 Å². The second kappa shape index (κ2) is 5.80. The quantitative estimate of drug-likeness (QED) is 0.785. The topological polar surface area (TPSA) is 44.3 Å². The van der Waals surface area contributed by atoms with Gasteiger partial charge in [-0.3, -0.25) is 0 Å². The zero-order valence-electron chi connectivity index (χ0n) is 11.3. The lowest BCUT2D eigenvalue weighted by atomic mass is 9.95. The molecule has 3 heteroatoms. The van der Waals surface area contributed by atoms with E-state index >= 15 is 0 Å². The SMILES string of the molecule is OCc1cc(C2=CNCC=C2)cc(C2=CC=CNC2)c1. The number of hydrogen-bond acceptors (Lipinski definition) is 3. The summed E-state index contributed by atoms with van der Waals surface area (Å²) < 4.78 is 0. The predicted molar refractivity (Wildman–Crippen MR) is 82.6 cm³/mol. The van der Waals surface area contributed by atoms with E-state index in [0.717, 1.165) is 35.4 Å². The molecule has 0 saturated heterocycles. The molecule has 102 valence electrons. The van der Waals surface area contributed by atoms with Crippen LogP contribution in [0.15, 0.2) is 54.9 Å². The van der Waals surface area contributed by atoms with Crippen LogP contribution in [0.1, 0.15) is 16.7 Å². The maximum Gasteiger partial charge on any atom is 0.0682 e. The molecule has 20 heavy (non-hydrogen) atoms. The van der Waals surface area contributed by atoms with Crippen molar-refractivity contribution in [3.05, 3.63) is 71.6 Å². The molecule has 0 aromatic heterocycles. The van der Waals surface area contributed by atoms with Gasteiger partial charge in [-0.2, -0.15) is 0 Å². The second-order valence-electron chi connectivity index (χ2n) is 4.92. The van der Waals surface area contributed by atoms with Gasteiger partial charge in [0.2, 0.25) is 0 Å². The van der Waals surface area contributed by atoms with Crippen LogP contribution in [-0.2, 0) is 6.61 Å². The number of allylic oxidation sites excluding steroid dienone is 4. The van der Waals surface area contributed by atoms with E-state index in [2.05, 4.69) is 41.0 Å². The predicted octanol–water partition coefficient (Wildman–Crippen LogP) is 2.18. The summed E-state index contributed by atoms with van der Waals surface area (Å²) in [5.74, 6) is 0. The molecule has 3 nitrogen and oxygen atoms in total. The van der Waals surface area contributed by atoms with Crippen molar-refractivity contribution in [3.8, 4) is 0 Å².